The molecule has 1 heterocycles. The van der Waals surface area contributed by atoms with Crippen molar-refractivity contribution in [2.24, 2.45) is 0 Å². The van der Waals surface area contributed by atoms with Crippen molar-refractivity contribution in [3.63, 3.8) is 0 Å². The van der Waals surface area contributed by atoms with Gasteiger partial charge in [0.2, 0.25) is 5.91 Å². The van der Waals surface area contributed by atoms with Crippen LogP contribution in [0.5, 0.6) is 0 Å². The minimum Gasteiger partial charge on any atom is -0.465 e. The molecule has 2 aromatic carbocycles. The summed E-state index contributed by atoms with van der Waals surface area (Å²) in [7, 11) is 1.36. The van der Waals surface area contributed by atoms with Crippen LogP contribution in [0.15, 0.2) is 36.4 Å². The number of amides is 2. The Bertz CT molecular complexity index is 1050. The maximum atomic E-state index is 12.4. The lowest BCUT2D eigenvalue weighted by Crippen LogP contribution is -2.45. The van der Waals surface area contributed by atoms with Crippen molar-refractivity contribution in [3.8, 4) is 11.1 Å². The average Bonchev–Trinajstić information content (AvgIpc) is 2.72. The van der Waals surface area contributed by atoms with Crippen molar-refractivity contribution in [2.45, 2.75) is 59.2 Å². The van der Waals surface area contributed by atoms with E-state index in [0.717, 1.165) is 27.9 Å². The highest BCUT2D eigenvalue weighted by Gasteiger charge is 2.34. The second kappa shape index (κ2) is 9.42. The molecule has 0 fully saturated rings. The predicted octanol–water partition coefficient (Wildman–Crippen LogP) is 4.77. The van der Waals surface area contributed by atoms with Gasteiger partial charge in [-0.1, -0.05) is 12.1 Å². The van der Waals surface area contributed by atoms with Gasteiger partial charge in [-0.2, -0.15) is 0 Å². The Morgan fingerprint density at radius 1 is 1.12 bits per heavy atom. The number of carbonyl (C=O) groups is 3. The quantitative estimate of drug-likeness (QED) is 0.695. The van der Waals surface area contributed by atoms with Crippen LogP contribution in [0.2, 0.25) is 0 Å². The van der Waals surface area contributed by atoms with Gasteiger partial charge in [0.1, 0.15) is 0 Å². The zero-order valence-electron chi connectivity index (χ0n) is 19.4. The molecule has 1 aliphatic rings. The van der Waals surface area contributed by atoms with Crippen molar-refractivity contribution in [2.75, 3.05) is 12.0 Å². The summed E-state index contributed by atoms with van der Waals surface area (Å²) in [4.78, 5) is 38.3. The Hall–Kier alpha value is -3.35. The average molecular weight is 439 g/mol. The summed E-state index contributed by atoms with van der Waals surface area (Å²) in [6, 6.07) is 10.9. The Morgan fingerprint density at radius 3 is 2.44 bits per heavy atom. The van der Waals surface area contributed by atoms with Crippen LogP contribution in [0.4, 0.5) is 10.5 Å². The first-order valence-electron chi connectivity index (χ1n) is 10.7. The molecule has 7 heteroatoms. The van der Waals surface area contributed by atoms with E-state index in [2.05, 4.69) is 5.32 Å². The number of hydrogen-bond acceptors (Lipinski definition) is 5. The lowest BCUT2D eigenvalue weighted by Gasteiger charge is -2.39. The molecule has 0 saturated heterocycles. The van der Waals surface area contributed by atoms with E-state index in [1.165, 1.54) is 7.11 Å². The van der Waals surface area contributed by atoms with Gasteiger partial charge in [0, 0.05) is 18.7 Å². The Kier molecular flexibility index (Phi) is 6.87. The number of fused-ring (bicyclic) bond motifs is 1. The van der Waals surface area contributed by atoms with Crippen LogP contribution in [0.3, 0.4) is 0 Å². The lowest BCUT2D eigenvalue weighted by molar-refractivity contribution is -0.117. The van der Waals surface area contributed by atoms with E-state index in [9.17, 15) is 14.4 Å². The summed E-state index contributed by atoms with van der Waals surface area (Å²) in [6.07, 6.45) is -0.140. The Balaban J connectivity index is 2.04. The van der Waals surface area contributed by atoms with Crippen LogP contribution in [-0.2, 0) is 14.3 Å². The summed E-state index contributed by atoms with van der Waals surface area (Å²) < 4.78 is 10.1. The largest absolute Gasteiger partial charge is 0.465 e. The standard InChI is InChI=1S/C25H30N2O5/c1-14(2)32-25(30)26-22-12-16(4)27(17(5)28)23-10-8-18(13-21(22)23)20-9-7-19(11-15(20)3)24(29)31-6/h7-11,13-14,16,22H,12H2,1-6H3,(H,26,30)/t16-,22+/m0/s1. The highest BCUT2D eigenvalue weighted by Crippen LogP contribution is 2.40. The zero-order valence-corrected chi connectivity index (χ0v) is 19.4. The Morgan fingerprint density at radius 2 is 1.84 bits per heavy atom. The molecule has 3 rings (SSSR count). The number of nitrogens with zero attached hydrogens (tertiary/aromatic N) is 1. The van der Waals surface area contributed by atoms with Gasteiger partial charge in [-0.3, -0.25) is 4.79 Å². The SMILES string of the molecule is COC(=O)c1ccc(-c2ccc3c(c2)[C@H](NC(=O)OC(C)C)C[C@H](C)N3C(C)=O)c(C)c1. The fraction of sp³-hybridized carbons (Fsp3) is 0.400. The number of carbonyl (C=O) groups excluding carboxylic acids is 3. The van der Waals surface area contributed by atoms with E-state index < -0.39 is 6.09 Å². The van der Waals surface area contributed by atoms with Gasteiger partial charge >= 0.3 is 12.1 Å². The smallest absolute Gasteiger partial charge is 0.407 e. The molecule has 0 unspecified atom stereocenters. The minimum absolute atomic E-state index is 0.0479. The first kappa shape index (κ1) is 23.3. The molecule has 0 saturated carbocycles. The van der Waals surface area contributed by atoms with Gasteiger partial charge in [0.05, 0.1) is 24.8 Å². The molecule has 0 spiro atoms. The van der Waals surface area contributed by atoms with Crippen LogP contribution >= 0.6 is 0 Å². The zero-order chi connectivity index (χ0) is 23.6. The number of anilines is 1. The normalized spacial score (nSPS) is 17.5. The number of hydrogen-bond donors (Lipinski definition) is 1. The van der Waals surface area contributed by atoms with Gasteiger partial charge in [-0.25, -0.2) is 9.59 Å². The summed E-state index contributed by atoms with van der Waals surface area (Å²) in [5.41, 5.74) is 4.92. The molecule has 7 nitrogen and oxygen atoms in total. The van der Waals surface area contributed by atoms with Crippen LogP contribution in [0.25, 0.3) is 11.1 Å². The molecule has 0 bridgehead atoms. The van der Waals surface area contributed by atoms with Crippen LogP contribution in [-0.4, -0.2) is 37.2 Å². The molecule has 170 valence electrons. The molecule has 2 atom stereocenters. The summed E-state index contributed by atoms with van der Waals surface area (Å²) in [5.74, 6) is -0.433. The molecule has 0 aromatic heterocycles. The first-order valence-corrected chi connectivity index (χ1v) is 10.7. The Labute approximate surface area is 188 Å². The highest BCUT2D eigenvalue weighted by atomic mass is 16.6. The summed E-state index contributed by atoms with van der Waals surface area (Å²) in [5, 5.41) is 2.96. The van der Waals surface area contributed by atoms with Gasteiger partial charge in [0.15, 0.2) is 0 Å². The van der Waals surface area contributed by atoms with Crippen LogP contribution < -0.4 is 10.2 Å². The van der Waals surface area contributed by atoms with Crippen molar-refractivity contribution >= 4 is 23.7 Å². The van der Waals surface area contributed by atoms with E-state index in [1.54, 1.807) is 37.8 Å². The van der Waals surface area contributed by atoms with Crippen molar-refractivity contribution in [1.29, 1.82) is 0 Å². The summed E-state index contributed by atoms with van der Waals surface area (Å²) in [6.45, 7) is 9.04. The van der Waals surface area contributed by atoms with Gasteiger partial charge in [-0.05, 0) is 80.6 Å². The van der Waals surface area contributed by atoms with E-state index in [-0.39, 0.29) is 30.1 Å². The predicted molar refractivity (Wildman–Crippen MR) is 123 cm³/mol. The number of aryl methyl sites for hydroxylation is 1. The second-order valence-electron chi connectivity index (χ2n) is 8.42. The van der Waals surface area contributed by atoms with Crippen molar-refractivity contribution in [3.05, 3.63) is 53.1 Å². The molecular weight excluding hydrogens is 408 g/mol. The second-order valence-corrected chi connectivity index (χ2v) is 8.42. The fourth-order valence-corrected chi connectivity index (χ4v) is 4.27. The highest BCUT2D eigenvalue weighted by molar-refractivity contribution is 5.95. The molecule has 0 radical (unpaired) electrons. The number of rotatable bonds is 4. The molecular formula is C25H30N2O5. The topological polar surface area (TPSA) is 84.9 Å². The van der Waals surface area contributed by atoms with Crippen molar-refractivity contribution < 1.29 is 23.9 Å². The van der Waals surface area contributed by atoms with E-state index in [0.29, 0.717) is 12.0 Å². The number of benzene rings is 2. The molecule has 1 N–H and O–H groups in total. The van der Waals surface area contributed by atoms with Gasteiger partial charge in [-0.15, -0.1) is 0 Å². The minimum atomic E-state index is -0.483. The summed E-state index contributed by atoms with van der Waals surface area (Å²) >= 11 is 0. The monoisotopic (exact) mass is 438 g/mol. The third kappa shape index (κ3) is 4.77. The van der Waals surface area contributed by atoms with E-state index >= 15 is 0 Å². The van der Waals surface area contributed by atoms with E-state index in [1.807, 2.05) is 38.1 Å². The molecule has 32 heavy (non-hydrogen) atoms. The molecule has 2 aromatic rings. The van der Waals surface area contributed by atoms with Crippen LogP contribution in [0.1, 0.15) is 61.6 Å². The number of ether oxygens (including phenoxy) is 2. The van der Waals surface area contributed by atoms with Gasteiger partial charge < -0.3 is 19.7 Å². The van der Waals surface area contributed by atoms with E-state index in [4.69, 9.17) is 9.47 Å². The number of nitrogens with one attached hydrogen (secondary N) is 1. The molecule has 0 aliphatic carbocycles. The van der Waals surface area contributed by atoms with Crippen molar-refractivity contribution in [1.82, 2.24) is 5.32 Å². The lowest BCUT2D eigenvalue weighted by atomic mass is 9.88. The number of methoxy groups -OCH3 is 1. The maximum Gasteiger partial charge on any atom is 0.407 e. The maximum absolute atomic E-state index is 12.4. The molecule has 2 amide bonds. The third-order valence-electron chi connectivity index (χ3n) is 5.61. The van der Waals surface area contributed by atoms with Gasteiger partial charge in [0.25, 0.3) is 0 Å². The fourth-order valence-electron chi connectivity index (χ4n) is 4.27. The third-order valence-corrected chi connectivity index (χ3v) is 5.61. The first-order chi connectivity index (χ1) is 15.1. The number of esters is 1. The number of alkyl carbamates (subject to hydrolysis) is 1. The van der Waals surface area contributed by atoms with Crippen LogP contribution in [0, 0.1) is 6.92 Å². The molecule has 1 aliphatic heterocycles.